The third-order valence-corrected chi connectivity index (χ3v) is 7.08. The van der Waals surface area contributed by atoms with E-state index in [9.17, 15) is 19.5 Å². The molecule has 7 heteroatoms. The summed E-state index contributed by atoms with van der Waals surface area (Å²) in [5, 5.41) is 15.1. The Kier molecular flexibility index (Phi) is 7.50. The fourth-order valence-corrected chi connectivity index (χ4v) is 5.14. The van der Waals surface area contributed by atoms with Crippen molar-refractivity contribution in [3.63, 3.8) is 0 Å². The maximum atomic E-state index is 12.2. The quantitative estimate of drug-likeness (QED) is 0.476. The van der Waals surface area contributed by atoms with Crippen molar-refractivity contribution in [3.8, 4) is 11.1 Å². The van der Waals surface area contributed by atoms with Gasteiger partial charge in [-0.3, -0.25) is 9.59 Å². The predicted molar refractivity (Wildman–Crippen MR) is 128 cm³/mol. The minimum Gasteiger partial charge on any atom is -0.481 e. The lowest BCUT2D eigenvalue weighted by molar-refractivity contribution is -0.151. The molecule has 2 aromatic rings. The first-order chi connectivity index (χ1) is 16.5. The minimum atomic E-state index is -0.840. The van der Waals surface area contributed by atoms with Gasteiger partial charge in [0.2, 0.25) is 5.91 Å². The molecule has 0 saturated heterocycles. The van der Waals surface area contributed by atoms with Crippen molar-refractivity contribution in [3.05, 3.63) is 59.7 Å². The molecule has 2 aliphatic rings. The maximum absolute atomic E-state index is 12.2. The molecule has 180 valence electrons. The van der Waals surface area contributed by atoms with Crippen LogP contribution in [0.1, 0.15) is 62.0 Å². The molecule has 4 rings (SSSR count). The normalized spacial score (nSPS) is 16.2. The Morgan fingerprint density at radius 3 is 2.15 bits per heavy atom. The Bertz CT molecular complexity index is 999. The van der Waals surface area contributed by atoms with Crippen LogP contribution in [0.15, 0.2) is 48.5 Å². The van der Waals surface area contributed by atoms with Gasteiger partial charge in [-0.15, -0.1) is 0 Å². The molecular formula is C27H32N2O5. The van der Waals surface area contributed by atoms with Crippen LogP contribution in [0.2, 0.25) is 0 Å². The number of carboxylic acids is 1. The van der Waals surface area contributed by atoms with Crippen LogP contribution >= 0.6 is 0 Å². The Morgan fingerprint density at radius 2 is 1.53 bits per heavy atom. The van der Waals surface area contributed by atoms with Crippen molar-refractivity contribution in [2.45, 2.75) is 50.9 Å². The summed E-state index contributed by atoms with van der Waals surface area (Å²) in [6.45, 7) is 0.729. The van der Waals surface area contributed by atoms with Crippen LogP contribution in [0.3, 0.4) is 0 Å². The second kappa shape index (κ2) is 10.7. The number of rotatable bonds is 9. The van der Waals surface area contributed by atoms with Gasteiger partial charge in [0.05, 0.1) is 5.41 Å². The van der Waals surface area contributed by atoms with Gasteiger partial charge in [-0.1, -0.05) is 67.8 Å². The summed E-state index contributed by atoms with van der Waals surface area (Å²) in [5.74, 6) is -1.02. The molecule has 2 amide bonds. The van der Waals surface area contributed by atoms with E-state index in [1.807, 2.05) is 24.3 Å². The highest BCUT2D eigenvalue weighted by Gasteiger charge is 2.39. The van der Waals surface area contributed by atoms with E-state index in [1.54, 1.807) is 0 Å². The van der Waals surface area contributed by atoms with Gasteiger partial charge in [-0.05, 0) is 41.5 Å². The van der Waals surface area contributed by atoms with Gasteiger partial charge in [-0.2, -0.15) is 0 Å². The first kappa shape index (κ1) is 23.8. The molecule has 2 aliphatic carbocycles. The number of hydrogen-bond acceptors (Lipinski definition) is 4. The molecule has 0 heterocycles. The number of aliphatic carboxylic acids is 1. The zero-order valence-electron chi connectivity index (χ0n) is 19.3. The molecule has 1 saturated carbocycles. The van der Waals surface area contributed by atoms with Crippen molar-refractivity contribution < 1.29 is 24.2 Å². The molecule has 0 unspecified atom stereocenters. The van der Waals surface area contributed by atoms with Gasteiger partial charge < -0.3 is 20.5 Å². The summed E-state index contributed by atoms with van der Waals surface area (Å²) in [7, 11) is 0. The molecule has 1 fully saturated rings. The first-order valence-corrected chi connectivity index (χ1v) is 12.1. The molecular weight excluding hydrogens is 432 g/mol. The van der Waals surface area contributed by atoms with E-state index in [4.69, 9.17) is 4.74 Å². The third-order valence-electron chi connectivity index (χ3n) is 7.08. The summed E-state index contributed by atoms with van der Waals surface area (Å²) in [5.41, 5.74) is 3.83. The monoisotopic (exact) mass is 464 g/mol. The van der Waals surface area contributed by atoms with Crippen LogP contribution in [0.25, 0.3) is 11.1 Å². The molecule has 0 aromatic heterocycles. The number of ether oxygens (including phenoxy) is 1. The second-order valence-corrected chi connectivity index (χ2v) is 9.28. The molecule has 2 aromatic carbocycles. The highest BCUT2D eigenvalue weighted by atomic mass is 16.5. The molecule has 3 N–H and O–H groups in total. The van der Waals surface area contributed by atoms with Crippen LogP contribution in [-0.4, -0.2) is 42.8 Å². The molecule has 7 nitrogen and oxygen atoms in total. The zero-order chi connectivity index (χ0) is 24.0. The van der Waals surface area contributed by atoms with Gasteiger partial charge in [-0.25, -0.2) is 4.79 Å². The van der Waals surface area contributed by atoms with Crippen molar-refractivity contribution in [2.75, 3.05) is 19.7 Å². The molecule has 0 atom stereocenters. The number of amides is 2. The summed E-state index contributed by atoms with van der Waals surface area (Å²) in [6, 6.07) is 16.3. The Balaban J connectivity index is 1.18. The molecule has 0 bridgehead atoms. The topological polar surface area (TPSA) is 105 Å². The van der Waals surface area contributed by atoms with Gasteiger partial charge >= 0.3 is 12.1 Å². The van der Waals surface area contributed by atoms with Crippen LogP contribution in [0, 0.1) is 5.41 Å². The van der Waals surface area contributed by atoms with Gasteiger partial charge in [0.1, 0.15) is 6.61 Å². The lowest BCUT2D eigenvalue weighted by Crippen LogP contribution is -2.44. The Morgan fingerprint density at radius 1 is 0.912 bits per heavy atom. The van der Waals surface area contributed by atoms with E-state index in [2.05, 4.69) is 34.9 Å². The van der Waals surface area contributed by atoms with Gasteiger partial charge in [0.25, 0.3) is 0 Å². The summed E-state index contributed by atoms with van der Waals surface area (Å²) < 4.78 is 5.50. The van der Waals surface area contributed by atoms with Crippen LogP contribution < -0.4 is 10.6 Å². The zero-order valence-corrected chi connectivity index (χ0v) is 19.3. The average Bonchev–Trinajstić information content (AvgIpc) is 3.18. The first-order valence-electron chi connectivity index (χ1n) is 12.1. The van der Waals surface area contributed by atoms with E-state index in [0.717, 1.165) is 30.4 Å². The molecule has 34 heavy (non-hydrogen) atoms. The standard InChI is InChI=1S/C27H32N2O5/c30-24(29-18-27(25(31)32)14-6-1-7-15-27)13-8-16-28-26(33)34-17-23-21-11-4-2-9-19(21)20-10-3-5-12-22(20)23/h2-5,9-12,23H,1,6-8,13-18H2,(H,28,33)(H,29,30)(H,31,32). The lowest BCUT2D eigenvalue weighted by Gasteiger charge is -2.33. The van der Waals surface area contributed by atoms with Crippen molar-refractivity contribution in [2.24, 2.45) is 5.41 Å². The predicted octanol–water partition coefficient (Wildman–Crippen LogP) is 4.46. The van der Waals surface area contributed by atoms with E-state index in [1.165, 1.54) is 11.1 Å². The van der Waals surface area contributed by atoms with E-state index < -0.39 is 17.5 Å². The largest absolute Gasteiger partial charge is 0.481 e. The lowest BCUT2D eigenvalue weighted by atomic mass is 9.74. The highest BCUT2D eigenvalue weighted by molar-refractivity contribution is 5.80. The second-order valence-electron chi connectivity index (χ2n) is 9.28. The number of carboxylic acid groups (broad SMARTS) is 1. The molecule has 0 radical (unpaired) electrons. The van der Waals surface area contributed by atoms with Crippen LogP contribution in [0.4, 0.5) is 4.79 Å². The minimum absolute atomic E-state index is 0.00488. The van der Waals surface area contributed by atoms with Crippen LogP contribution in [-0.2, 0) is 14.3 Å². The Labute approximate surface area is 199 Å². The number of fused-ring (bicyclic) bond motifs is 3. The van der Waals surface area contributed by atoms with Crippen molar-refractivity contribution in [1.82, 2.24) is 10.6 Å². The number of carbonyl (C=O) groups excluding carboxylic acids is 2. The summed E-state index contributed by atoms with van der Waals surface area (Å²) >= 11 is 0. The summed E-state index contributed by atoms with van der Waals surface area (Å²) in [4.78, 5) is 36.1. The van der Waals surface area contributed by atoms with Gasteiger partial charge in [0, 0.05) is 25.4 Å². The highest BCUT2D eigenvalue weighted by Crippen LogP contribution is 2.44. The fourth-order valence-electron chi connectivity index (χ4n) is 5.14. The summed E-state index contributed by atoms with van der Waals surface area (Å²) in [6.07, 6.45) is 4.19. The van der Waals surface area contributed by atoms with Crippen molar-refractivity contribution >= 4 is 18.0 Å². The smallest absolute Gasteiger partial charge is 0.407 e. The Hall–Kier alpha value is -3.35. The SMILES string of the molecule is O=C(CCCNC(=O)OCC1c2ccccc2-c2ccccc21)NCC1(C(=O)O)CCCCC1. The number of carbonyl (C=O) groups is 3. The number of hydrogen-bond donors (Lipinski definition) is 3. The average molecular weight is 465 g/mol. The number of nitrogens with one attached hydrogen (secondary N) is 2. The number of benzene rings is 2. The third kappa shape index (κ3) is 5.24. The van der Waals surface area contributed by atoms with E-state index in [0.29, 0.717) is 25.8 Å². The van der Waals surface area contributed by atoms with E-state index >= 15 is 0 Å². The maximum Gasteiger partial charge on any atom is 0.407 e. The fraction of sp³-hybridized carbons (Fsp3) is 0.444. The van der Waals surface area contributed by atoms with E-state index in [-0.39, 0.29) is 31.4 Å². The molecule has 0 spiro atoms. The van der Waals surface area contributed by atoms with Gasteiger partial charge in [0.15, 0.2) is 0 Å². The van der Waals surface area contributed by atoms with Crippen LogP contribution in [0.5, 0.6) is 0 Å². The van der Waals surface area contributed by atoms with Crippen molar-refractivity contribution in [1.29, 1.82) is 0 Å². The molecule has 0 aliphatic heterocycles. The number of alkyl carbamates (subject to hydrolysis) is 1.